The van der Waals surface area contributed by atoms with Gasteiger partial charge in [-0.2, -0.15) is 0 Å². The summed E-state index contributed by atoms with van der Waals surface area (Å²) in [5.74, 6) is -0.395. The molecule has 0 aromatic carbocycles. The van der Waals surface area contributed by atoms with Crippen LogP contribution in [-0.4, -0.2) is 21.1 Å². The zero-order chi connectivity index (χ0) is 14.2. The van der Waals surface area contributed by atoms with Crippen LogP contribution in [0.4, 0.5) is 0 Å². The van der Waals surface area contributed by atoms with Crippen molar-refractivity contribution in [2.45, 2.75) is 37.6 Å². The second kappa shape index (κ2) is 5.34. The molecule has 2 heterocycles. The zero-order valence-electron chi connectivity index (χ0n) is 10.9. The molecule has 1 atom stereocenters. The molecule has 2 aromatic heterocycles. The second-order valence-corrected chi connectivity index (χ2v) is 6.65. The third-order valence-electron chi connectivity index (χ3n) is 2.96. The van der Waals surface area contributed by atoms with Gasteiger partial charge >= 0.3 is 0 Å². The molecule has 0 saturated carbocycles. The number of thioether (sulfide) groups is 1. The highest BCUT2D eigenvalue weighted by molar-refractivity contribution is 8.00. The van der Waals surface area contributed by atoms with Gasteiger partial charge < -0.3 is 10.7 Å². The standard InChI is InChI=1S/C12H15N3O2S2/c1-4-7(9(13)16)19-12-14-10(17)8-5(2)6(3)18-11(8)15-12/h7H,4H2,1-3H3,(H2,13,16)(H,14,15,17). The van der Waals surface area contributed by atoms with Gasteiger partial charge in [0.2, 0.25) is 5.91 Å². The number of aromatic nitrogens is 2. The van der Waals surface area contributed by atoms with Crippen LogP contribution >= 0.6 is 23.1 Å². The number of aryl methyl sites for hydroxylation is 2. The van der Waals surface area contributed by atoms with E-state index in [4.69, 9.17) is 5.73 Å². The molecule has 0 spiro atoms. The minimum atomic E-state index is -0.395. The predicted molar refractivity (Wildman–Crippen MR) is 78.8 cm³/mol. The number of aromatic amines is 1. The van der Waals surface area contributed by atoms with Crippen molar-refractivity contribution in [3.8, 4) is 0 Å². The summed E-state index contributed by atoms with van der Waals surface area (Å²) in [5.41, 5.74) is 6.10. The number of carbonyl (C=O) groups excluding carboxylic acids is 1. The molecule has 0 aliphatic rings. The summed E-state index contributed by atoms with van der Waals surface area (Å²) in [7, 11) is 0. The summed E-state index contributed by atoms with van der Waals surface area (Å²) in [6, 6.07) is 0. The molecule has 0 saturated heterocycles. The van der Waals surface area contributed by atoms with E-state index in [9.17, 15) is 9.59 Å². The number of nitrogens with one attached hydrogen (secondary N) is 1. The van der Waals surface area contributed by atoms with Gasteiger partial charge in [0.1, 0.15) is 4.83 Å². The van der Waals surface area contributed by atoms with E-state index in [1.807, 2.05) is 20.8 Å². The Morgan fingerprint density at radius 1 is 1.53 bits per heavy atom. The molecule has 5 nitrogen and oxygen atoms in total. The van der Waals surface area contributed by atoms with E-state index in [0.29, 0.717) is 21.8 Å². The molecule has 0 radical (unpaired) electrons. The van der Waals surface area contributed by atoms with Crippen molar-refractivity contribution < 1.29 is 4.79 Å². The lowest BCUT2D eigenvalue weighted by molar-refractivity contribution is -0.117. The highest BCUT2D eigenvalue weighted by atomic mass is 32.2. The van der Waals surface area contributed by atoms with E-state index in [-0.39, 0.29) is 10.8 Å². The summed E-state index contributed by atoms with van der Waals surface area (Å²) in [6.07, 6.45) is 0.601. The SMILES string of the molecule is CCC(Sc1nc2sc(C)c(C)c2c(=O)[nH]1)C(N)=O. The van der Waals surface area contributed by atoms with E-state index < -0.39 is 5.91 Å². The first-order chi connectivity index (χ1) is 8.93. The van der Waals surface area contributed by atoms with Crippen molar-refractivity contribution >= 4 is 39.2 Å². The molecule has 0 bridgehead atoms. The molecule has 7 heteroatoms. The average Bonchev–Trinajstić information content (AvgIpc) is 2.62. The number of fused-ring (bicyclic) bond motifs is 1. The number of primary amides is 1. The largest absolute Gasteiger partial charge is 0.369 e. The van der Waals surface area contributed by atoms with E-state index in [0.717, 1.165) is 10.4 Å². The quantitative estimate of drug-likeness (QED) is 0.667. The van der Waals surface area contributed by atoms with Gasteiger partial charge in [-0.25, -0.2) is 4.98 Å². The summed E-state index contributed by atoms with van der Waals surface area (Å²) in [6.45, 7) is 5.75. The molecule has 1 unspecified atom stereocenters. The fourth-order valence-electron chi connectivity index (χ4n) is 1.77. The van der Waals surface area contributed by atoms with Gasteiger partial charge in [-0.1, -0.05) is 18.7 Å². The van der Waals surface area contributed by atoms with Gasteiger partial charge in [-0.05, 0) is 25.8 Å². The number of hydrogen-bond donors (Lipinski definition) is 2. The monoisotopic (exact) mass is 297 g/mol. The lowest BCUT2D eigenvalue weighted by atomic mass is 10.2. The number of amides is 1. The lowest BCUT2D eigenvalue weighted by Crippen LogP contribution is -2.25. The average molecular weight is 297 g/mol. The van der Waals surface area contributed by atoms with Crippen molar-refractivity contribution in [3.63, 3.8) is 0 Å². The summed E-state index contributed by atoms with van der Waals surface area (Å²) >= 11 is 2.70. The van der Waals surface area contributed by atoms with Gasteiger partial charge in [-0.15, -0.1) is 11.3 Å². The van der Waals surface area contributed by atoms with Crippen LogP contribution in [0.5, 0.6) is 0 Å². The van der Waals surface area contributed by atoms with Gasteiger partial charge in [0.15, 0.2) is 5.16 Å². The molecular weight excluding hydrogens is 282 g/mol. The number of H-pyrrole nitrogens is 1. The van der Waals surface area contributed by atoms with E-state index in [1.165, 1.54) is 23.1 Å². The first-order valence-electron chi connectivity index (χ1n) is 5.90. The number of hydrogen-bond acceptors (Lipinski definition) is 5. The Balaban J connectivity index is 2.47. The lowest BCUT2D eigenvalue weighted by Gasteiger charge is -2.08. The highest BCUT2D eigenvalue weighted by Crippen LogP contribution is 2.28. The highest BCUT2D eigenvalue weighted by Gasteiger charge is 2.18. The van der Waals surface area contributed by atoms with E-state index in [2.05, 4.69) is 9.97 Å². The zero-order valence-corrected chi connectivity index (χ0v) is 12.6. The Hall–Kier alpha value is -1.34. The molecule has 3 N–H and O–H groups in total. The van der Waals surface area contributed by atoms with Crippen LogP contribution in [0.3, 0.4) is 0 Å². The first-order valence-corrected chi connectivity index (χ1v) is 7.59. The van der Waals surface area contributed by atoms with Crippen molar-refractivity contribution in [3.05, 3.63) is 20.8 Å². The maximum atomic E-state index is 12.1. The smallest absolute Gasteiger partial charge is 0.260 e. The number of carbonyl (C=O) groups is 1. The Morgan fingerprint density at radius 3 is 2.79 bits per heavy atom. The number of nitrogens with zero attached hydrogens (tertiary/aromatic N) is 1. The van der Waals surface area contributed by atoms with Crippen LogP contribution in [0.2, 0.25) is 0 Å². The van der Waals surface area contributed by atoms with Gasteiger partial charge in [0.25, 0.3) is 5.56 Å². The first kappa shape index (κ1) is 14.1. The molecule has 1 amide bonds. The van der Waals surface area contributed by atoms with E-state index >= 15 is 0 Å². The molecule has 102 valence electrons. The minimum Gasteiger partial charge on any atom is -0.369 e. The summed E-state index contributed by atoms with van der Waals surface area (Å²) in [5, 5.41) is 0.714. The van der Waals surface area contributed by atoms with Crippen molar-refractivity contribution in [1.29, 1.82) is 0 Å². The Morgan fingerprint density at radius 2 is 2.21 bits per heavy atom. The van der Waals surface area contributed by atoms with Gasteiger partial charge in [0, 0.05) is 4.88 Å². The number of thiophene rings is 1. The summed E-state index contributed by atoms with van der Waals surface area (Å²) < 4.78 is 0. The molecule has 0 aliphatic heterocycles. The van der Waals surface area contributed by atoms with Crippen molar-refractivity contribution in [2.75, 3.05) is 0 Å². The maximum Gasteiger partial charge on any atom is 0.260 e. The third-order valence-corrected chi connectivity index (χ3v) is 5.33. The molecule has 2 rings (SSSR count). The van der Waals surface area contributed by atoms with Crippen molar-refractivity contribution in [1.82, 2.24) is 9.97 Å². The van der Waals surface area contributed by atoms with Crippen LogP contribution in [0.15, 0.2) is 9.95 Å². The fraction of sp³-hybridized carbons (Fsp3) is 0.417. The Bertz CT molecular complexity index is 690. The predicted octanol–water partition coefficient (Wildman–Crippen LogP) is 1.96. The summed E-state index contributed by atoms with van der Waals surface area (Å²) in [4.78, 5) is 32.2. The normalized spacial score (nSPS) is 12.8. The Kier molecular flexibility index (Phi) is 3.96. The third kappa shape index (κ3) is 2.66. The number of nitrogens with two attached hydrogens (primary N) is 1. The van der Waals surface area contributed by atoms with Crippen LogP contribution < -0.4 is 11.3 Å². The number of rotatable bonds is 4. The van der Waals surface area contributed by atoms with Gasteiger partial charge in [0.05, 0.1) is 10.6 Å². The Labute approximate surface area is 118 Å². The molecule has 0 fully saturated rings. The van der Waals surface area contributed by atoms with Crippen LogP contribution in [0, 0.1) is 13.8 Å². The van der Waals surface area contributed by atoms with Gasteiger partial charge in [-0.3, -0.25) is 9.59 Å². The minimum absolute atomic E-state index is 0.159. The van der Waals surface area contributed by atoms with Crippen LogP contribution in [-0.2, 0) is 4.79 Å². The topological polar surface area (TPSA) is 88.8 Å². The maximum absolute atomic E-state index is 12.1. The van der Waals surface area contributed by atoms with E-state index in [1.54, 1.807) is 0 Å². The van der Waals surface area contributed by atoms with Crippen LogP contribution in [0.25, 0.3) is 10.2 Å². The fourth-order valence-corrected chi connectivity index (χ4v) is 3.70. The molecule has 19 heavy (non-hydrogen) atoms. The van der Waals surface area contributed by atoms with Crippen LogP contribution in [0.1, 0.15) is 23.8 Å². The molecule has 2 aromatic rings. The van der Waals surface area contributed by atoms with Crippen molar-refractivity contribution in [2.24, 2.45) is 5.73 Å². The molecular formula is C12H15N3O2S2. The second-order valence-electron chi connectivity index (χ2n) is 4.25. The molecule has 0 aliphatic carbocycles.